The summed E-state index contributed by atoms with van der Waals surface area (Å²) in [7, 11) is 0. The molecule has 0 radical (unpaired) electrons. The fraction of sp³-hybridized carbons (Fsp3) is 0.650. The predicted molar refractivity (Wildman–Crippen MR) is 98.1 cm³/mol. The molecule has 0 aromatic heterocycles. The summed E-state index contributed by atoms with van der Waals surface area (Å²) in [5.74, 6) is 0.156. The van der Waals surface area contributed by atoms with Gasteiger partial charge in [-0.1, -0.05) is 6.07 Å². The van der Waals surface area contributed by atoms with Gasteiger partial charge < -0.3 is 14.4 Å². The molecule has 1 aromatic carbocycles. The van der Waals surface area contributed by atoms with Gasteiger partial charge in [0.15, 0.2) is 0 Å². The van der Waals surface area contributed by atoms with E-state index in [1.54, 1.807) is 0 Å². The van der Waals surface area contributed by atoms with Gasteiger partial charge in [-0.25, -0.2) is 0 Å². The molecule has 0 aliphatic carbocycles. The van der Waals surface area contributed by atoms with E-state index in [0.29, 0.717) is 0 Å². The first kappa shape index (κ1) is 18.4. The number of nitrogens with zero attached hydrogens (tertiary/aromatic N) is 2. The lowest BCUT2D eigenvalue weighted by atomic mass is 10.0. The minimum atomic E-state index is 0.156. The van der Waals surface area contributed by atoms with E-state index >= 15 is 0 Å². The van der Waals surface area contributed by atoms with Crippen LogP contribution in [-0.4, -0.2) is 74.4 Å². The van der Waals surface area contributed by atoms with Gasteiger partial charge in [-0.2, -0.15) is 0 Å². The number of ether oxygens (including phenoxy) is 2. The number of carbonyl (C=O) groups excluding carboxylic acids is 1. The molecule has 0 saturated carbocycles. The zero-order chi connectivity index (χ0) is 17.6. The minimum absolute atomic E-state index is 0.156. The Kier molecular flexibility index (Phi) is 6.45. The SMILES string of the molecule is Cc1ccc(C(=O)N(CCN2CCOCC2)C2CCOCC2)cc1C. The second-order valence-corrected chi connectivity index (χ2v) is 7.10. The van der Waals surface area contributed by atoms with Crippen molar-refractivity contribution in [3.8, 4) is 0 Å². The summed E-state index contributed by atoms with van der Waals surface area (Å²) < 4.78 is 10.9. The molecule has 1 amide bonds. The van der Waals surface area contributed by atoms with E-state index in [0.717, 1.165) is 71.0 Å². The summed E-state index contributed by atoms with van der Waals surface area (Å²) in [6.07, 6.45) is 1.86. The molecule has 5 nitrogen and oxygen atoms in total. The summed E-state index contributed by atoms with van der Waals surface area (Å²) in [5, 5.41) is 0. The molecule has 0 unspecified atom stereocenters. The van der Waals surface area contributed by atoms with Crippen LogP contribution in [-0.2, 0) is 9.47 Å². The lowest BCUT2D eigenvalue weighted by molar-refractivity contribution is 0.0141. The van der Waals surface area contributed by atoms with Gasteiger partial charge in [0.2, 0.25) is 0 Å². The number of carbonyl (C=O) groups is 1. The van der Waals surface area contributed by atoms with Crippen LogP contribution in [0.2, 0.25) is 0 Å². The smallest absolute Gasteiger partial charge is 0.254 e. The Morgan fingerprint density at radius 3 is 2.44 bits per heavy atom. The van der Waals surface area contributed by atoms with Crippen LogP contribution in [0.15, 0.2) is 18.2 Å². The molecule has 5 heteroatoms. The number of amides is 1. The minimum Gasteiger partial charge on any atom is -0.381 e. The Hall–Kier alpha value is -1.43. The van der Waals surface area contributed by atoms with Crippen LogP contribution >= 0.6 is 0 Å². The molecule has 2 aliphatic rings. The van der Waals surface area contributed by atoms with Gasteiger partial charge in [0.05, 0.1) is 13.2 Å². The molecule has 2 heterocycles. The summed E-state index contributed by atoms with van der Waals surface area (Å²) >= 11 is 0. The molecule has 3 rings (SSSR count). The van der Waals surface area contributed by atoms with Crippen LogP contribution in [0.3, 0.4) is 0 Å². The second kappa shape index (κ2) is 8.79. The summed E-state index contributed by atoms with van der Waals surface area (Å²) in [5.41, 5.74) is 3.20. The average molecular weight is 346 g/mol. The molecule has 0 N–H and O–H groups in total. The largest absolute Gasteiger partial charge is 0.381 e. The maximum Gasteiger partial charge on any atom is 0.254 e. The van der Waals surface area contributed by atoms with E-state index < -0.39 is 0 Å². The number of benzene rings is 1. The summed E-state index contributed by atoms with van der Waals surface area (Å²) in [6, 6.07) is 6.32. The third kappa shape index (κ3) is 4.81. The molecular formula is C20H30N2O3. The van der Waals surface area contributed by atoms with E-state index in [1.807, 2.05) is 18.2 Å². The molecule has 0 atom stereocenters. The number of hydrogen-bond donors (Lipinski definition) is 0. The highest BCUT2D eigenvalue weighted by atomic mass is 16.5. The number of aryl methyl sites for hydroxylation is 2. The average Bonchev–Trinajstić information content (AvgIpc) is 2.66. The first-order valence-electron chi connectivity index (χ1n) is 9.41. The van der Waals surface area contributed by atoms with E-state index in [9.17, 15) is 4.79 Å². The standard InChI is InChI=1S/C20H30N2O3/c1-16-3-4-18(15-17(16)2)20(23)22(19-5-11-24-12-6-19)8-7-21-9-13-25-14-10-21/h3-4,15,19H,5-14H2,1-2H3. The molecule has 1 aromatic rings. The van der Waals surface area contributed by atoms with Crippen molar-refractivity contribution < 1.29 is 14.3 Å². The molecule has 2 aliphatic heterocycles. The van der Waals surface area contributed by atoms with Crippen molar-refractivity contribution >= 4 is 5.91 Å². The van der Waals surface area contributed by atoms with Crippen LogP contribution in [0.4, 0.5) is 0 Å². The number of rotatable bonds is 5. The molecule has 2 fully saturated rings. The summed E-state index contributed by atoms with van der Waals surface area (Å²) in [6.45, 7) is 10.8. The van der Waals surface area contributed by atoms with Crippen LogP contribution in [0.1, 0.15) is 34.3 Å². The van der Waals surface area contributed by atoms with Crippen molar-refractivity contribution in [1.82, 2.24) is 9.80 Å². The van der Waals surface area contributed by atoms with Gasteiger partial charge in [-0.15, -0.1) is 0 Å². The fourth-order valence-electron chi connectivity index (χ4n) is 3.56. The topological polar surface area (TPSA) is 42.0 Å². The molecular weight excluding hydrogens is 316 g/mol. The van der Waals surface area contributed by atoms with Crippen LogP contribution in [0.25, 0.3) is 0 Å². The maximum atomic E-state index is 13.2. The Labute approximate surface area is 150 Å². The number of hydrogen-bond acceptors (Lipinski definition) is 4. The monoisotopic (exact) mass is 346 g/mol. The molecule has 2 saturated heterocycles. The lowest BCUT2D eigenvalue weighted by Gasteiger charge is -2.36. The van der Waals surface area contributed by atoms with Crippen molar-refractivity contribution in [3.05, 3.63) is 34.9 Å². The first-order valence-corrected chi connectivity index (χ1v) is 9.41. The highest BCUT2D eigenvalue weighted by molar-refractivity contribution is 5.94. The molecule has 138 valence electrons. The third-order valence-corrected chi connectivity index (χ3v) is 5.41. The molecule has 25 heavy (non-hydrogen) atoms. The highest BCUT2D eigenvalue weighted by Gasteiger charge is 2.27. The first-order chi connectivity index (χ1) is 12.1. The Balaban J connectivity index is 1.71. The van der Waals surface area contributed by atoms with Gasteiger partial charge in [0, 0.05) is 51.0 Å². The highest BCUT2D eigenvalue weighted by Crippen LogP contribution is 2.19. The van der Waals surface area contributed by atoms with Gasteiger partial charge in [-0.3, -0.25) is 9.69 Å². The van der Waals surface area contributed by atoms with Crippen LogP contribution in [0.5, 0.6) is 0 Å². The van der Waals surface area contributed by atoms with Crippen molar-refractivity contribution in [3.63, 3.8) is 0 Å². The van der Waals surface area contributed by atoms with Crippen LogP contribution in [0, 0.1) is 13.8 Å². The van der Waals surface area contributed by atoms with Gasteiger partial charge in [0.25, 0.3) is 5.91 Å². The quantitative estimate of drug-likeness (QED) is 0.820. The zero-order valence-corrected chi connectivity index (χ0v) is 15.5. The number of morpholine rings is 1. The van der Waals surface area contributed by atoms with Gasteiger partial charge in [-0.05, 0) is 49.9 Å². The summed E-state index contributed by atoms with van der Waals surface area (Å²) in [4.78, 5) is 17.7. The van der Waals surface area contributed by atoms with Gasteiger partial charge >= 0.3 is 0 Å². The van der Waals surface area contributed by atoms with Crippen LogP contribution < -0.4 is 0 Å². The maximum absolute atomic E-state index is 13.2. The lowest BCUT2D eigenvalue weighted by Crippen LogP contribution is -2.48. The normalized spacial score (nSPS) is 19.8. The third-order valence-electron chi connectivity index (χ3n) is 5.41. The Bertz CT molecular complexity index is 578. The molecule has 0 spiro atoms. The van der Waals surface area contributed by atoms with Crippen molar-refractivity contribution in [2.24, 2.45) is 0 Å². The predicted octanol–water partition coefficient (Wildman–Crippen LogP) is 2.26. The van der Waals surface area contributed by atoms with Gasteiger partial charge in [0.1, 0.15) is 0 Å². The zero-order valence-electron chi connectivity index (χ0n) is 15.5. The van der Waals surface area contributed by atoms with Crippen molar-refractivity contribution in [1.29, 1.82) is 0 Å². The Morgan fingerprint density at radius 1 is 1.08 bits per heavy atom. The second-order valence-electron chi connectivity index (χ2n) is 7.10. The van der Waals surface area contributed by atoms with Crippen molar-refractivity contribution in [2.75, 3.05) is 52.6 Å². The Morgan fingerprint density at radius 2 is 1.76 bits per heavy atom. The van der Waals surface area contributed by atoms with E-state index in [1.165, 1.54) is 11.1 Å². The van der Waals surface area contributed by atoms with E-state index in [-0.39, 0.29) is 11.9 Å². The van der Waals surface area contributed by atoms with E-state index in [4.69, 9.17) is 9.47 Å². The fourth-order valence-corrected chi connectivity index (χ4v) is 3.56. The van der Waals surface area contributed by atoms with Crippen molar-refractivity contribution in [2.45, 2.75) is 32.7 Å². The molecule has 0 bridgehead atoms. The van der Waals surface area contributed by atoms with E-state index in [2.05, 4.69) is 23.6 Å².